The first-order valence-corrected chi connectivity index (χ1v) is 9.50. The molecule has 2 aliphatic rings. The minimum Gasteiger partial charge on any atom is -0.364 e. The fraction of sp³-hybridized carbons (Fsp3) is 0.538. The van der Waals surface area contributed by atoms with Gasteiger partial charge in [0.15, 0.2) is 6.29 Å². The number of carbonyl (C=O) groups excluding carboxylic acids is 2. The largest absolute Gasteiger partial charge is 0.364 e. The van der Waals surface area contributed by atoms with Crippen molar-refractivity contribution < 1.29 is 27.9 Å². The number of imide groups is 1. The van der Waals surface area contributed by atoms with Gasteiger partial charge in [-0.1, -0.05) is 6.08 Å². The monoisotopic (exact) mass is 347 g/mol. The van der Waals surface area contributed by atoms with E-state index in [2.05, 4.69) is 0 Å². The number of ether oxygens (including phenoxy) is 1. The van der Waals surface area contributed by atoms with Gasteiger partial charge in [-0.15, -0.1) is 11.8 Å². The van der Waals surface area contributed by atoms with Crippen molar-refractivity contribution >= 4 is 33.6 Å². The van der Waals surface area contributed by atoms with Crippen molar-refractivity contribution in [3.8, 4) is 0 Å². The Balaban J connectivity index is 2.17. The van der Waals surface area contributed by atoms with Crippen LogP contribution in [0, 0.1) is 0 Å². The summed E-state index contributed by atoms with van der Waals surface area (Å²) in [5.74, 6) is -1.06. The Labute approximate surface area is 133 Å². The van der Waals surface area contributed by atoms with Gasteiger partial charge in [-0.05, 0) is 30.7 Å². The molecule has 1 aliphatic heterocycles. The molecule has 2 amide bonds. The van der Waals surface area contributed by atoms with E-state index >= 15 is 0 Å². The number of nitrogens with zero attached hydrogens (tertiary/aromatic N) is 1. The Morgan fingerprint density at radius 1 is 1.23 bits per heavy atom. The molecule has 0 spiro atoms. The van der Waals surface area contributed by atoms with Crippen molar-refractivity contribution in [3.63, 3.8) is 0 Å². The van der Waals surface area contributed by atoms with Gasteiger partial charge in [0.1, 0.15) is 0 Å². The van der Waals surface area contributed by atoms with Gasteiger partial charge >= 0.3 is 0 Å². The molecule has 1 saturated heterocycles. The summed E-state index contributed by atoms with van der Waals surface area (Å²) in [5.41, 5.74) is 0.562. The fourth-order valence-electron chi connectivity index (χ4n) is 2.24. The first-order chi connectivity index (χ1) is 10.4. The number of aliphatic hydroxyl groups is 1. The van der Waals surface area contributed by atoms with Gasteiger partial charge in [-0.25, -0.2) is 8.42 Å². The normalized spacial score (nSPS) is 20.9. The number of hydrogen-bond acceptors (Lipinski definition) is 7. The number of amides is 2. The number of carbonyl (C=O) groups is 2. The summed E-state index contributed by atoms with van der Waals surface area (Å²) in [4.78, 5) is 23.2. The second kappa shape index (κ2) is 6.95. The highest BCUT2D eigenvalue weighted by atomic mass is 32.2. The average Bonchev–Trinajstić information content (AvgIpc) is 2.84. The van der Waals surface area contributed by atoms with Crippen LogP contribution in [0.25, 0.3) is 0 Å². The average molecular weight is 347 g/mol. The highest BCUT2D eigenvalue weighted by Gasteiger charge is 2.40. The molecule has 0 aromatic carbocycles. The van der Waals surface area contributed by atoms with Crippen molar-refractivity contribution in [2.24, 2.45) is 0 Å². The van der Waals surface area contributed by atoms with E-state index in [0.717, 1.165) is 0 Å². The van der Waals surface area contributed by atoms with Crippen molar-refractivity contribution in [3.05, 3.63) is 22.6 Å². The second-order valence-electron chi connectivity index (χ2n) is 4.86. The van der Waals surface area contributed by atoms with Gasteiger partial charge in [0.25, 0.3) is 10.0 Å². The van der Waals surface area contributed by atoms with Crippen LogP contribution < -0.4 is 0 Å². The van der Waals surface area contributed by atoms with E-state index in [9.17, 15) is 23.1 Å². The zero-order valence-corrected chi connectivity index (χ0v) is 13.7. The third-order valence-electron chi connectivity index (χ3n) is 3.38. The zero-order valence-electron chi connectivity index (χ0n) is 12.0. The summed E-state index contributed by atoms with van der Waals surface area (Å²) in [6, 6.07) is 0. The topological polar surface area (TPSA) is 101 Å². The molecular formula is C13H17NO6S2. The Hall–Kier alpha value is -1.16. The molecule has 0 saturated carbocycles. The third kappa shape index (κ3) is 3.43. The summed E-state index contributed by atoms with van der Waals surface area (Å²) >= 11 is 1.41. The first-order valence-electron chi connectivity index (χ1n) is 6.67. The van der Waals surface area contributed by atoms with Gasteiger partial charge in [-0.3, -0.25) is 9.59 Å². The minimum atomic E-state index is -4.10. The maximum absolute atomic E-state index is 12.3. The molecule has 1 fully saturated rings. The lowest BCUT2D eigenvalue weighted by Crippen LogP contribution is -2.36. The number of sulfonamides is 1. The quantitative estimate of drug-likeness (QED) is 0.558. The second-order valence-corrected chi connectivity index (χ2v) is 7.51. The van der Waals surface area contributed by atoms with E-state index < -0.39 is 28.1 Å². The molecule has 7 nitrogen and oxygen atoms in total. The van der Waals surface area contributed by atoms with E-state index in [-0.39, 0.29) is 30.6 Å². The molecule has 122 valence electrons. The molecule has 0 bridgehead atoms. The summed E-state index contributed by atoms with van der Waals surface area (Å²) in [6.45, 7) is 0. The van der Waals surface area contributed by atoms with Crippen molar-refractivity contribution in [2.75, 3.05) is 12.2 Å². The molecule has 0 radical (unpaired) electrons. The molecular weight excluding hydrogens is 330 g/mol. The smallest absolute Gasteiger partial charge is 0.269 e. The van der Waals surface area contributed by atoms with Crippen LogP contribution in [0.3, 0.4) is 0 Å². The maximum Gasteiger partial charge on any atom is 0.269 e. The van der Waals surface area contributed by atoms with E-state index in [1.807, 2.05) is 6.26 Å². The van der Waals surface area contributed by atoms with Crippen LogP contribution in [0.1, 0.15) is 25.7 Å². The highest BCUT2D eigenvalue weighted by Crippen LogP contribution is 2.29. The Kier molecular flexibility index (Phi) is 5.43. The van der Waals surface area contributed by atoms with E-state index in [4.69, 9.17) is 4.74 Å². The van der Waals surface area contributed by atoms with Gasteiger partial charge in [0, 0.05) is 12.8 Å². The molecule has 1 atom stereocenters. The molecule has 1 unspecified atom stereocenters. The zero-order chi connectivity index (χ0) is 16.3. The van der Waals surface area contributed by atoms with Crippen LogP contribution in [0.4, 0.5) is 0 Å². The number of aliphatic hydroxyl groups excluding tert-OH is 1. The standard InChI is InChI=1S/C13H17NO6S2/c1-21-8-20-13(17)9-2-4-10(5-3-9)22(18,19)14-11(15)6-7-12(14)16/h2,4,13,17H,3,5-8H2,1H3. The van der Waals surface area contributed by atoms with Crippen molar-refractivity contribution in [1.29, 1.82) is 0 Å². The highest BCUT2D eigenvalue weighted by molar-refractivity contribution is 7.98. The molecule has 2 rings (SSSR count). The van der Waals surface area contributed by atoms with Crippen LogP contribution in [0.15, 0.2) is 22.6 Å². The maximum atomic E-state index is 12.3. The molecule has 1 aliphatic carbocycles. The van der Waals surface area contributed by atoms with Crippen molar-refractivity contribution in [2.45, 2.75) is 32.0 Å². The minimum absolute atomic E-state index is 0.00286. The van der Waals surface area contributed by atoms with Gasteiger partial charge in [0.2, 0.25) is 11.8 Å². The fourth-order valence-corrected chi connectivity index (χ4v) is 4.05. The van der Waals surface area contributed by atoms with Crippen LogP contribution in [-0.4, -0.2) is 48.1 Å². The number of allylic oxidation sites excluding steroid dienone is 3. The van der Waals surface area contributed by atoms with E-state index in [1.54, 1.807) is 0 Å². The van der Waals surface area contributed by atoms with Crippen LogP contribution in [0.2, 0.25) is 0 Å². The van der Waals surface area contributed by atoms with Gasteiger partial charge in [0.05, 0.1) is 10.8 Å². The first kappa shape index (κ1) is 17.2. The van der Waals surface area contributed by atoms with Crippen LogP contribution in [-0.2, 0) is 24.3 Å². The molecule has 9 heteroatoms. The SMILES string of the molecule is CSCOC(O)C1=CC=C(S(=O)(=O)N2C(=O)CCC2=O)CC1. The summed E-state index contributed by atoms with van der Waals surface area (Å²) in [7, 11) is -4.10. The summed E-state index contributed by atoms with van der Waals surface area (Å²) in [6.07, 6.45) is 3.79. The summed E-state index contributed by atoms with van der Waals surface area (Å²) in [5, 5.41) is 9.79. The summed E-state index contributed by atoms with van der Waals surface area (Å²) < 4.78 is 30.2. The van der Waals surface area contributed by atoms with Gasteiger partial charge < -0.3 is 9.84 Å². The predicted molar refractivity (Wildman–Crippen MR) is 80.9 cm³/mol. The molecule has 22 heavy (non-hydrogen) atoms. The molecule has 0 aromatic heterocycles. The molecule has 0 aromatic rings. The predicted octanol–water partition coefficient (Wildman–Crippen LogP) is 0.725. The number of rotatable bonds is 6. The van der Waals surface area contributed by atoms with Crippen molar-refractivity contribution in [1.82, 2.24) is 4.31 Å². The van der Waals surface area contributed by atoms with E-state index in [1.165, 1.54) is 23.9 Å². The molecule has 1 N–H and O–H groups in total. The third-order valence-corrected chi connectivity index (χ3v) is 5.64. The molecule has 1 heterocycles. The Morgan fingerprint density at radius 3 is 2.36 bits per heavy atom. The van der Waals surface area contributed by atoms with Crippen LogP contribution in [0.5, 0.6) is 0 Å². The van der Waals surface area contributed by atoms with E-state index in [0.29, 0.717) is 15.8 Å². The Bertz CT molecular complexity index is 621. The lowest BCUT2D eigenvalue weighted by atomic mass is 10.0. The van der Waals surface area contributed by atoms with Gasteiger partial charge in [-0.2, -0.15) is 4.31 Å². The lowest BCUT2D eigenvalue weighted by Gasteiger charge is -2.21. The lowest BCUT2D eigenvalue weighted by molar-refractivity contribution is -0.132. The van der Waals surface area contributed by atoms with Crippen LogP contribution >= 0.6 is 11.8 Å². The number of hydrogen-bond donors (Lipinski definition) is 1. The number of thioether (sulfide) groups is 1. The Morgan fingerprint density at radius 2 is 1.86 bits per heavy atom.